The fourth-order valence-corrected chi connectivity index (χ4v) is 3.13. The van der Waals surface area contributed by atoms with Gasteiger partial charge in [-0.25, -0.2) is 4.98 Å². The Morgan fingerprint density at radius 2 is 2.15 bits per heavy atom. The number of nitrogens with one attached hydrogen (secondary N) is 2. The maximum Gasteiger partial charge on any atom is 0.191 e. The van der Waals surface area contributed by atoms with E-state index in [-0.39, 0.29) is 0 Å². The molecule has 2 N–H and O–H groups in total. The summed E-state index contributed by atoms with van der Waals surface area (Å²) in [6.45, 7) is 5.81. The Balaban J connectivity index is 1.70. The molecule has 4 nitrogen and oxygen atoms in total. The van der Waals surface area contributed by atoms with Crippen molar-refractivity contribution in [2.45, 2.75) is 26.4 Å². The fourth-order valence-electron chi connectivity index (χ4n) is 2.12. The molecule has 1 aromatic carbocycles. The van der Waals surface area contributed by atoms with E-state index in [1.807, 2.05) is 18.2 Å². The summed E-state index contributed by atoms with van der Waals surface area (Å²) in [6.07, 6.45) is 0. The van der Waals surface area contributed by atoms with Crippen LogP contribution < -0.4 is 10.6 Å². The molecule has 0 fully saturated rings. The summed E-state index contributed by atoms with van der Waals surface area (Å²) in [4.78, 5) is 10.3. The van der Waals surface area contributed by atoms with E-state index in [9.17, 15) is 0 Å². The molecule has 20 heavy (non-hydrogen) atoms. The topological polar surface area (TPSA) is 49.3 Å². The van der Waals surface area contributed by atoms with Crippen LogP contribution in [0.3, 0.4) is 0 Å². The van der Waals surface area contributed by atoms with Crippen LogP contribution in [0.2, 0.25) is 0 Å². The molecular formula is C15H18N4S. The first kappa shape index (κ1) is 13.1. The molecule has 5 heteroatoms. The van der Waals surface area contributed by atoms with Crippen molar-refractivity contribution in [3.63, 3.8) is 0 Å². The van der Waals surface area contributed by atoms with Crippen LogP contribution in [0.4, 0.5) is 0 Å². The molecule has 3 rings (SSSR count). The zero-order chi connectivity index (χ0) is 13.9. The van der Waals surface area contributed by atoms with E-state index < -0.39 is 0 Å². The number of hydrogen-bond donors (Lipinski definition) is 2. The van der Waals surface area contributed by atoms with Gasteiger partial charge in [-0.05, 0) is 13.8 Å². The van der Waals surface area contributed by atoms with E-state index in [1.165, 1.54) is 10.4 Å². The molecule has 1 aliphatic heterocycles. The van der Waals surface area contributed by atoms with Crippen LogP contribution in [0.1, 0.15) is 17.5 Å². The summed E-state index contributed by atoms with van der Waals surface area (Å²) >= 11 is 1.74. The molecule has 2 aromatic rings. The quantitative estimate of drug-likeness (QED) is 0.911. The molecule has 0 saturated heterocycles. The first-order valence-electron chi connectivity index (χ1n) is 6.79. The van der Waals surface area contributed by atoms with Crippen LogP contribution in [-0.2, 0) is 6.54 Å². The Hall–Kier alpha value is -1.88. The van der Waals surface area contributed by atoms with E-state index in [2.05, 4.69) is 46.6 Å². The monoisotopic (exact) mass is 286 g/mol. The summed E-state index contributed by atoms with van der Waals surface area (Å²) in [5.41, 5.74) is 2.27. The van der Waals surface area contributed by atoms with E-state index in [0.717, 1.165) is 29.8 Å². The van der Waals surface area contributed by atoms with Crippen LogP contribution in [0.15, 0.2) is 35.3 Å². The molecule has 0 bridgehead atoms. The Morgan fingerprint density at radius 3 is 2.85 bits per heavy atom. The number of guanidine groups is 1. The molecule has 0 saturated carbocycles. The van der Waals surface area contributed by atoms with Crippen LogP contribution >= 0.6 is 11.3 Å². The first-order chi connectivity index (χ1) is 9.72. The van der Waals surface area contributed by atoms with Gasteiger partial charge < -0.3 is 10.6 Å². The van der Waals surface area contributed by atoms with Gasteiger partial charge in [0.05, 0.1) is 18.8 Å². The lowest BCUT2D eigenvalue weighted by molar-refractivity contribution is 0.713. The number of aliphatic imine (C=N–C) groups is 1. The minimum atomic E-state index is 0.430. The minimum absolute atomic E-state index is 0.430. The maximum atomic E-state index is 4.66. The number of rotatable bonds is 3. The van der Waals surface area contributed by atoms with Crippen LogP contribution in [0.25, 0.3) is 10.6 Å². The van der Waals surface area contributed by atoms with Crippen molar-refractivity contribution in [3.8, 4) is 10.6 Å². The third-order valence-electron chi connectivity index (χ3n) is 3.24. The summed E-state index contributed by atoms with van der Waals surface area (Å²) < 4.78 is 0. The van der Waals surface area contributed by atoms with E-state index in [0.29, 0.717) is 6.04 Å². The highest BCUT2D eigenvalue weighted by atomic mass is 32.1. The first-order valence-corrected chi connectivity index (χ1v) is 7.60. The van der Waals surface area contributed by atoms with Gasteiger partial charge in [-0.2, -0.15) is 0 Å². The van der Waals surface area contributed by atoms with Crippen molar-refractivity contribution in [2.75, 3.05) is 6.54 Å². The predicted octanol–water partition coefficient (Wildman–Crippen LogP) is 2.56. The number of nitrogens with zero attached hydrogens (tertiary/aromatic N) is 2. The molecule has 0 spiro atoms. The summed E-state index contributed by atoms with van der Waals surface area (Å²) in [5, 5.41) is 7.73. The zero-order valence-corrected chi connectivity index (χ0v) is 12.5. The predicted molar refractivity (Wildman–Crippen MR) is 84.0 cm³/mol. The van der Waals surface area contributed by atoms with Crippen LogP contribution in [0, 0.1) is 6.92 Å². The van der Waals surface area contributed by atoms with E-state index >= 15 is 0 Å². The number of hydrogen-bond acceptors (Lipinski definition) is 5. The molecule has 104 valence electrons. The lowest BCUT2D eigenvalue weighted by Crippen LogP contribution is -2.37. The summed E-state index contributed by atoms with van der Waals surface area (Å²) in [7, 11) is 0. The Labute approximate surface area is 123 Å². The average Bonchev–Trinajstić information content (AvgIpc) is 3.04. The number of thiazole rings is 1. The Morgan fingerprint density at radius 1 is 1.35 bits per heavy atom. The SMILES string of the molecule is Cc1nc(-c2ccccc2)sc1CNC1=NCC(C)N1. The third-order valence-corrected chi connectivity index (χ3v) is 4.44. The van der Waals surface area contributed by atoms with Gasteiger partial charge in [-0.3, -0.25) is 4.99 Å². The second-order valence-corrected chi connectivity index (χ2v) is 6.07. The average molecular weight is 286 g/mol. The van der Waals surface area contributed by atoms with Gasteiger partial charge >= 0.3 is 0 Å². The highest BCUT2D eigenvalue weighted by Crippen LogP contribution is 2.27. The van der Waals surface area contributed by atoms with Crippen molar-refractivity contribution in [1.29, 1.82) is 0 Å². The lowest BCUT2D eigenvalue weighted by Gasteiger charge is -2.07. The fraction of sp³-hybridized carbons (Fsp3) is 0.333. The second kappa shape index (κ2) is 5.63. The standard InChI is InChI=1S/C15H18N4S/c1-10-8-16-15(18-10)17-9-13-11(2)19-14(20-13)12-6-4-3-5-7-12/h3-7,10H,8-9H2,1-2H3,(H2,16,17,18). The van der Waals surface area contributed by atoms with Crippen molar-refractivity contribution in [1.82, 2.24) is 15.6 Å². The van der Waals surface area contributed by atoms with Gasteiger partial charge in [0.1, 0.15) is 5.01 Å². The molecule has 0 aliphatic carbocycles. The maximum absolute atomic E-state index is 4.66. The lowest BCUT2D eigenvalue weighted by atomic mass is 10.2. The summed E-state index contributed by atoms with van der Waals surface area (Å²) in [6, 6.07) is 10.7. The number of aryl methyl sites for hydroxylation is 1. The van der Waals surface area contributed by atoms with Gasteiger partial charge in [-0.15, -0.1) is 11.3 Å². The largest absolute Gasteiger partial charge is 0.352 e. The van der Waals surface area contributed by atoms with E-state index in [1.54, 1.807) is 11.3 Å². The van der Waals surface area contributed by atoms with Crippen LogP contribution in [0.5, 0.6) is 0 Å². The Kier molecular flexibility index (Phi) is 3.69. The molecule has 0 amide bonds. The molecule has 1 unspecified atom stereocenters. The second-order valence-electron chi connectivity index (χ2n) is 4.98. The van der Waals surface area contributed by atoms with Crippen molar-refractivity contribution in [2.24, 2.45) is 4.99 Å². The molecule has 1 aromatic heterocycles. The molecule has 0 radical (unpaired) electrons. The van der Waals surface area contributed by atoms with Crippen molar-refractivity contribution < 1.29 is 0 Å². The highest BCUT2D eigenvalue weighted by Gasteiger charge is 2.14. The van der Waals surface area contributed by atoms with Crippen LogP contribution in [-0.4, -0.2) is 23.5 Å². The normalized spacial score (nSPS) is 17.7. The van der Waals surface area contributed by atoms with E-state index in [4.69, 9.17) is 0 Å². The number of benzene rings is 1. The zero-order valence-electron chi connectivity index (χ0n) is 11.7. The molecule has 1 atom stereocenters. The minimum Gasteiger partial charge on any atom is -0.352 e. The van der Waals surface area contributed by atoms with Crippen molar-refractivity contribution in [3.05, 3.63) is 40.9 Å². The molecular weight excluding hydrogens is 268 g/mol. The molecule has 2 heterocycles. The van der Waals surface area contributed by atoms with Gasteiger partial charge in [0.15, 0.2) is 5.96 Å². The van der Waals surface area contributed by atoms with Crippen molar-refractivity contribution >= 4 is 17.3 Å². The van der Waals surface area contributed by atoms with Gasteiger partial charge in [0.25, 0.3) is 0 Å². The third kappa shape index (κ3) is 2.82. The smallest absolute Gasteiger partial charge is 0.191 e. The van der Waals surface area contributed by atoms with Gasteiger partial charge in [0, 0.05) is 16.5 Å². The summed E-state index contributed by atoms with van der Waals surface area (Å²) in [5.74, 6) is 0.895. The van der Waals surface area contributed by atoms with Gasteiger partial charge in [0.2, 0.25) is 0 Å². The number of aromatic nitrogens is 1. The highest BCUT2D eigenvalue weighted by molar-refractivity contribution is 7.15. The Bertz CT molecular complexity index is 618. The van der Waals surface area contributed by atoms with Gasteiger partial charge in [-0.1, -0.05) is 30.3 Å². The molecule has 1 aliphatic rings.